The molecule has 1 saturated carbocycles. The minimum atomic E-state index is 0.307. The lowest BCUT2D eigenvalue weighted by atomic mass is 9.91. The van der Waals surface area contributed by atoms with Gasteiger partial charge in [-0.05, 0) is 37.5 Å². The van der Waals surface area contributed by atoms with Gasteiger partial charge in [-0.25, -0.2) is 0 Å². The van der Waals surface area contributed by atoms with Gasteiger partial charge in [0.2, 0.25) is 0 Å². The van der Waals surface area contributed by atoms with Crippen LogP contribution in [-0.2, 0) is 0 Å². The maximum Gasteiger partial charge on any atom is 0.0445 e. The molecule has 2 unspecified atom stereocenters. The number of hydrogen-bond donors (Lipinski definition) is 2. The fourth-order valence-corrected chi connectivity index (χ4v) is 2.47. The van der Waals surface area contributed by atoms with Gasteiger partial charge in [0, 0.05) is 18.7 Å². The fraction of sp³-hybridized carbons (Fsp3) is 1.00. The third-order valence-electron chi connectivity index (χ3n) is 3.41. The van der Waals surface area contributed by atoms with Crippen LogP contribution >= 0.6 is 0 Å². The molecule has 0 saturated heterocycles. The third kappa shape index (κ3) is 3.58. The van der Waals surface area contributed by atoms with Crippen LogP contribution in [0.1, 0.15) is 52.9 Å². The number of aliphatic hydroxyl groups is 1. The average molecular weight is 199 g/mol. The van der Waals surface area contributed by atoms with Gasteiger partial charge >= 0.3 is 0 Å². The van der Waals surface area contributed by atoms with E-state index in [0.29, 0.717) is 24.1 Å². The molecule has 2 atom stereocenters. The second-order valence-corrected chi connectivity index (χ2v) is 5.39. The molecule has 0 aromatic heterocycles. The van der Waals surface area contributed by atoms with Crippen LogP contribution in [0, 0.1) is 5.41 Å². The predicted octanol–water partition coefficient (Wildman–Crippen LogP) is 2.32. The molecule has 0 aromatic carbocycles. The standard InChI is InChI=1S/C12H25NO/c1-4-10(6-8-14)13-11-5-7-12(2,3)9-11/h10-11,13-14H,4-9H2,1-3H3. The zero-order valence-electron chi connectivity index (χ0n) is 9.84. The Hall–Kier alpha value is -0.0800. The molecule has 2 nitrogen and oxygen atoms in total. The van der Waals surface area contributed by atoms with Crippen LogP contribution in [0.15, 0.2) is 0 Å². The summed E-state index contributed by atoms with van der Waals surface area (Å²) in [6.45, 7) is 7.19. The monoisotopic (exact) mass is 199 g/mol. The van der Waals surface area contributed by atoms with Crippen LogP contribution in [-0.4, -0.2) is 23.8 Å². The lowest BCUT2D eigenvalue weighted by Gasteiger charge is -2.23. The van der Waals surface area contributed by atoms with E-state index in [-0.39, 0.29) is 0 Å². The first-order chi connectivity index (χ1) is 6.57. The van der Waals surface area contributed by atoms with Gasteiger partial charge in [0.25, 0.3) is 0 Å². The second-order valence-electron chi connectivity index (χ2n) is 5.39. The molecule has 2 N–H and O–H groups in total. The molecule has 1 rings (SSSR count). The summed E-state index contributed by atoms with van der Waals surface area (Å²) in [5.41, 5.74) is 0.523. The molecule has 1 fully saturated rings. The normalized spacial score (nSPS) is 27.9. The lowest BCUT2D eigenvalue weighted by Crippen LogP contribution is -2.37. The Kier molecular flexibility index (Phi) is 4.39. The smallest absolute Gasteiger partial charge is 0.0445 e. The van der Waals surface area contributed by atoms with Gasteiger partial charge < -0.3 is 10.4 Å². The molecule has 84 valence electrons. The highest BCUT2D eigenvalue weighted by molar-refractivity contribution is 4.87. The van der Waals surface area contributed by atoms with Crippen molar-refractivity contribution in [3.05, 3.63) is 0 Å². The van der Waals surface area contributed by atoms with E-state index < -0.39 is 0 Å². The molecule has 0 aromatic rings. The van der Waals surface area contributed by atoms with Gasteiger partial charge in [-0.1, -0.05) is 20.8 Å². The summed E-state index contributed by atoms with van der Waals surface area (Å²) in [6.07, 6.45) is 5.94. The van der Waals surface area contributed by atoms with Crippen molar-refractivity contribution in [3.8, 4) is 0 Å². The van der Waals surface area contributed by atoms with Gasteiger partial charge in [-0.3, -0.25) is 0 Å². The van der Waals surface area contributed by atoms with Gasteiger partial charge in [0.1, 0.15) is 0 Å². The molecule has 1 aliphatic carbocycles. The van der Waals surface area contributed by atoms with Crippen molar-refractivity contribution in [1.82, 2.24) is 5.32 Å². The molecule has 0 aliphatic heterocycles. The van der Waals surface area contributed by atoms with Crippen LogP contribution in [0.25, 0.3) is 0 Å². The molecule has 0 radical (unpaired) electrons. The quantitative estimate of drug-likeness (QED) is 0.712. The summed E-state index contributed by atoms with van der Waals surface area (Å²) in [5.74, 6) is 0. The lowest BCUT2D eigenvalue weighted by molar-refractivity contribution is 0.252. The summed E-state index contributed by atoms with van der Waals surface area (Å²) < 4.78 is 0. The zero-order valence-corrected chi connectivity index (χ0v) is 9.84. The van der Waals surface area contributed by atoms with E-state index in [1.807, 2.05) is 0 Å². The molecule has 0 amide bonds. The minimum Gasteiger partial charge on any atom is -0.396 e. The van der Waals surface area contributed by atoms with Crippen molar-refractivity contribution in [1.29, 1.82) is 0 Å². The van der Waals surface area contributed by atoms with E-state index in [1.54, 1.807) is 0 Å². The highest BCUT2D eigenvalue weighted by Crippen LogP contribution is 2.37. The molecule has 0 heterocycles. The topological polar surface area (TPSA) is 32.3 Å². The van der Waals surface area contributed by atoms with E-state index in [9.17, 15) is 0 Å². The summed E-state index contributed by atoms with van der Waals surface area (Å²) in [7, 11) is 0. The van der Waals surface area contributed by atoms with Crippen LogP contribution in [0.4, 0.5) is 0 Å². The largest absolute Gasteiger partial charge is 0.396 e. The molecule has 2 heteroatoms. The molecule has 1 aliphatic rings. The average Bonchev–Trinajstić information content (AvgIpc) is 2.45. The first-order valence-electron chi connectivity index (χ1n) is 5.94. The predicted molar refractivity (Wildman–Crippen MR) is 60.3 cm³/mol. The van der Waals surface area contributed by atoms with E-state index >= 15 is 0 Å². The van der Waals surface area contributed by atoms with E-state index in [1.165, 1.54) is 19.3 Å². The molecule has 14 heavy (non-hydrogen) atoms. The Bertz CT molecular complexity index is 168. The molecular formula is C12H25NO. The fourth-order valence-electron chi connectivity index (χ4n) is 2.47. The highest BCUT2D eigenvalue weighted by atomic mass is 16.3. The molecular weight excluding hydrogens is 174 g/mol. The van der Waals surface area contributed by atoms with E-state index in [4.69, 9.17) is 5.11 Å². The Morgan fingerprint density at radius 1 is 1.50 bits per heavy atom. The van der Waals surface area contributed by atoms with Crippen LogP contribution in [0.5, 0.6) is 0 Å². The Balaban J connectivity index is 2.30. The van der Waals surface area contributed by atoms with Crippen molar-refractivity contribution >= 4 is 0 Å². The highest BCUT2D eigenvalue weighted by Gasteiger charge is 2.31. The van der Waals surface area contributed by atoms with Crippen LogP contribution in [0.2, 0.25) is 0 Å². The molecule has 0 spiro atoms. The number of rotatable bonds is 5. The maximum absolute atomic E-state index is 8.90. The van der Waals surface area contributed by atoms with Gasteiger partial charge in [-0.2, -0.15) is 0 Å². The number of hydrogen-bond acceptors (Lipinski definition) is 2. The number of nitrogens with one attached hydrogen (secondary N) is 1. The first-order valence-corrected chi connectivity index (χ1v) is 5.94. The number of aliphatic hydroxyl groups excluding tert-OH is 1. The van der Waals surface area contributed by atoms with Crippen LogP contribution in [0.3, 0.4) is 0 Å². The second kappa shape index (κ2) is 5.13. The Morgan fingerprint density at radius 3 is 2.64 bits per heavy atom. The van der Waals surface area contributed by atoms with Gasteiger partial charge in [0.15, 0.2) is 0 Å². The first kappa shape index (κ1) is 12.0. The SMILES string of the molecule is CCC(CCO)NC1CCC(C)(C)C1. The van der Waals surface area contributed by atoms with Crippen molar-refractivity contribution < 1.29 is 5.11 Å². The summed E-state index contributed by atoms with van der Waals surface area (Å²) in [6, 6.07) is 1.19. The van der Waals surface area contributed by atoms with E-state index in [2.05, 4.69) is 26.1 Å². The minimum absolute atomic E-state index is 0.307. The summed E-state index contributed by atoms with van der Waals surface area (Å²) in [5, 5.41) is 12.6. The summed E-state index contributed by atoms with van der Waals surface area (Å²) in [4.78, 5) is 0. The maximum atomic E-state index is 8.90. The van der Waals surface area contributed by atoms with Crippen LogP contribution < -0.4 is 5.32 Å². The molecule has 0 bridgehead atoms. The van der Waals surface area contributed by atoms with Crippen molar-refractivity contribution in [3.63, 3.8) is 0 Å². The van der Waals surface area contributed by atoms with E-state index in [0.717, 1.165) is 12.8 Å². The zero-order chi connectivity index (χ0) is 10.6. The third-order valence-corrected chi connectivity index (χ3v) is 3.41. The van der Waals surface area contributed by atoms with Gasteiger partial charge in [-0.15, -0.1) is 0 Å². The van der Waals surface area contributed by atoms with Gasteiger partial charge in [0.05, 0.1) is 0 Å². The Labute approximate surface area is 88.1 Å². The van der Waals surface area contributed by atoms with Crippen molar-refractivity contribution in [2.24, 2.45) is 5.41 Å². The van der Waals surface area contributed by atoms with Crippen molar-refractivity contribution in [2.45, 2.75) is 65.0 Å². The van der Waals surface area contributed by atoms with Crippen molar-refractivity contribution in [2.75, 3.05) is 6.61 Å². The summed E-state index contributed by atoms with van der Waals surface area (Å²) >= 11 is 0. The Morgan fingerprint density at radius 2 is 2.21 bits per heavy atom.